The zero-order valence-electron chi connectivity index (χ0n) is 10.3. The summed E-state index contributed by atoms with van der Waals surface area (Å²) < 4.78 is 43.2. The van der Waals surface area contributed by atoms with Gasteiger partial charge in [-0.3, -0.25) is 0 Å². The van der Waals surface area contributed by atoms with Crippen molar-refractivity contribution in [2.45, 2.75) is 6.18 Å². The van der Waals surface area contributed by atoms with Crippen LogP contribution in [0.25, 0.3) is 23.0 Å². The summed E-state index contributed by atoms with van der Waals surface area (Å²) in [6.45, 7) is 0. The van der Waals surface area contributed by atoms with Gasteiger partial charge in [-0.1, -0.05) is 5.16 Å². The maximum Gasteiger partial charge on any atom is 0.416 e. The van der Waals surface area contributed by atoms with Gasteiger partial charge in [0.25, 0.3) is 5.89 Å². The summed E-state index contributed by atoms with van der Waals surface area (Å²) in [6, 6.07) is 2.94. The largest absolute Gasteiger partial charge is 0.416 e. The molecule has 9 heteroatoms. The van der Waals surface area contributed by atoms with Gasteiger partial charge < -0.3 is 10.3 Å². The smallest absolute Gasteiger partial charge is 0.398 e. The van der Waals surface area contributed by atoms with E-state index in [4.69, 9.17) is 10.3 Å². The molecule has 108 valence electrons. The van der Waals surface area contributed by atoms with Crippen LogP contribution >= 0.6 is 11.3 Å². The first-order valence-corrected chi connectivity index (χ1v) is 6.59. The Bertz CT molecular complexity index is 767. The monoisotopic (exact) mass is 312 g/mol. The molecule has 0 saturated carbocycles. The van der Waals surface area contributed by atoms with Crippen molar-refractivity contribution in [3.8, 4) is 23.0 Å². The van der Waals surface area contributed by atoms with Gasteiger partial charge in [0.1, 0.15) is 5.69 Å². The Hall–Kier alpha value is -2.42. The highest BCUT2D eigenvalue weighted by Crippen LogP contribution is 2.35. The van der Waals surface area contributed by atoms with Gasteiger partial charge in [0.15, 0.2) is 0 Å². The summed E-state index contributed by atoms with van der Waals surface area (Å²) >= 11 is 1.34. The Labute approximate surface area is 120 Å². The lowest BCUT2D eigenvalue weighted by molar-refractivity contribution is -0.137. The van der Waals surface area contributed by atoms with Crippen molar-refractivity contribution in [3.05, 3.63) is 34.7 Å². The molecule has 2 N–H and O–H groups in total. The summed E-state index contributed by atoms with van der Waals surface area (Å²) in [5, 5.41) is 5.39. The fourth-order valence-electron chi connectivity index (χ4n) is 1.68. The molecule has 2 aromatic heterocycles. The van der Waals surface area contributed by atoms with E-state index in [1.165, 1.54) is 11.3 Å². The van der Waals surface area contributed by atoms with Crippen LogP contribution in [0, 0.1) is 0 Å². The number of benzene rings is 1. The van der Waals surface area contributed by atoms with Gasteiger partial charge in [0, 0.05) is 11.1 Å². The van der Waals surface area contributed by atoms with Crippen molar-refractivity contribution in [2.75, 3.05) is 5.73 Å². The first-order valence-electron chi connectivity index (χ1n) is 5.64. The number of anilines is 1. The number of nitrogens with zero attached hydrogens (tertiary/aromatic N) is 3. The molecule has 0 atom stereocenters. The average Bonchev–Trinajstić information content (AvgIpc) is 3.09. The minimum absolute atomic E-state index is 0.0406. The molecule has 0 spiro atoms. The number of thiazole rings is 1. The van der Waals surface area contributed by atoms with Gasteiger partial charge in [0.2, 0.25) is 5.82 Å². The molecule has 0 aliphatic carbocycles. The van der Waals surface area contributed by atoms with Crippen LogP contribution in [0.3, 0.4) is 0 Å². The maximum absolute atomic E-state index is 12.7. The van der Waals surface area contributed by atoms with E-state index in [1.54, 1.807) is 10.9 Å². The van der Waals surface area contributed by atoms with Crippen molar-refractivity contribution in [1.82, 2.24) is 15.1 Å². The van der Waals surface area contributed by atoms with Gasteiger partial charge in [-0.2, -0.15) is 18.2 Å². The fourth-order valence-corrected chi connectivity index (χ4v) is 2.21. The van der Waals surface area contributed by atoms with E-state index in [0.717, 1.165) is 18.2 Å². The van der Waals surface area contributed by atoms with Crippen LogP contribution in [0.5, 0.6) is 0 Å². The summed E-state index contributed by atoms with van der Waals surface area (Å²) in [5.41, 5.74) is 7.09. The van der Waals surface area contributed by atoms with Crippen molar-refractivity contribution in [1.29, 1.82) is 0 Å². The van der Waals surface area contributed by atoms with Crippen molar-refractivity contribution >= 4 is 17.0 Å². The Morgan fingerprint density at radius 1 is 1.24 bits per heavy atom. The molecule has 3 rings (SSSR count). The van der Waals surface area contributed by atoms with E-state index in [-0.39, 0.29) is 23.0 Å². The summed E-state index contributed by atoms with van der Waals surface area (Å²) in [5.74, 6) is 0.115. The number of nitrogen functional groups attached to an aromatic ring is 1. The average molecular weight is 312 g/mol. The number of hydrogen-bond donors (Lipinski definition) is 1. The van der Waals surface area contributed by atoms with E-state index >= 15 is 0 Å². The molecule has 1 aromatic carbocycles. The molecule has 5 nitrogen and oxygen atoms in total. The van der Waals surface area contributed by atoms with Gasteiger partial charge in [0.05, 0.1) is 16.6 Å². The lowest BCUT2D eigenvalue weighted by atomic mass is 10.1. The normalized spacial score (nSPS) is 11.8. The second kappa shape index (κ2) is 4.85. The number of rotatable bonds is 2. The van der Waals surface area contributed by atoms with Gasteiger partial charge in [-0.05, 0) is 18.2 Å². The molecule has 0 fully saturated rings. The topological polar surface area (TPSA) is 77.8 Å². The van der Waals surface area contributed by atoms with Crippen molar-refractivity contribution < 1.29 is 17.7 Å². The van der Waals surface area contributed by atoms with Crippen LogP contribution in [0.1, 0.15) is 5.56 Å². The Kier molecular flexibility index (Phi) is 3.13. The van der Waals surface area contributed by atoms with Crippen LogP contribution in [0.4, 0.5) is 18.9 Å². The highest BCUT2D eigenvalue weighted by molar-refractivity contribution is 7.07. The third kappa shape index (κ3) is 2.59. The predicted molar refractivity (Wildman–Crippen MR) is 70.3 cm³/mol. The molecule has 2 heterocycles. The van der Waals surface area contributed by atoms with Gasteiger partial charge in [-0.15, -0.1) is 11.3 Å². The quantitative estimate of drug-likeness (QED) is 0.733. The van der Waals surface area contributed by atoms with E-state index in [1.807, 2.05) is 0 Å². The zero-order chi connectivity index (χ0) is 15.0. The Morgan fingerprint density at radius 3 is 2.71 bits per heavy atom. The molecule has 0 aliphatic rings. The number of aromatic nitrogens is 3. The number of hydrogen-bond acceptors (Lipinski definition) is 6. The van der Waals surface area contributed by atoms with Crippen LogP contribution in [0.15, 0.2) is 33.6 Å². The summed E-state index contributed by atoms with van der Waals surface area (Å²) in [4.78, 5) is 8.02. The standard InChI is InChI=1S/C12H7F3N4OS/c13-12(14,15)6-1-2-8(16)7(3-6)11-18-10(19-20-11)9-4-21-5-17-9/h1-5H,16H2. The van der Waals surface area contributed by atoms with Crippen LogP contribution in [0.2, 0.25) is 0 Å². The van der Waals surface area contributed by atoms with Crippen molar-refractivity contribution in [3.63, 3.8) is 0 Å². The first-order chi connectivity index (χ1) is 9.95. The first kappa shape index (κ1) is 13.6. The minimum atomic E-state index is -4.47. The fraction of sp³-hybridized carbons (Fsp3) is 0.0833. The number of alkyl halides is 3. The third-order valence-corrected chi connectivity index (χ3v) is 3.28. The van der Waals surface area contributed by atoms with E-state index < -0.39 is 11.7 Å². The minimum Gasteiger partial charge on any atom is -0.398 e. The van der Waals surface area contributed by atoms with Crippen molar-refractivity contribution in [2.24, 2.45) is 0 Å². The number of nitrogens with two attached hydrogens (primary N) is 1. The van der Waals surface area contributed by atoms with E-state index in [9.17, 15) is 13.2 Å². The molecule has 0 aliphatic heterocycles. The van der Waals surface area contributed by atoms with E-state index in [0.29, 0.717) is 5.69 Å². The Balaban J connectivity index is 2.04. The lowest BCUT2D eigenvalue weighted by Gasteiger charge is -2.08. The second-order valence-electron chi connectivity index (χ2n) is 4.10. The van der Waals surface area contributed by atoms with Gasteiger partial charge >= 0.3 is 6.18 Å². The second-order valence-corrected chi connectivity index (χ2v) is 4.82. The Morgan fingerprint density at radius 2 is 2.05 bits per heavy atom. The molecule has 0 amide bonds. The highest BCUT2D eigenvalue weighted by Gasteiger charge is 2.31. The molecule has 21 heavy (non-hydrogen) atoms. The molecule has 0 unspecified atom stereocenters. The van der Waals surface area contributed by atoms with E-state index in [2.05, 4.69) is 15.1 Å². The SMILES string of the molecule is Nc1ccc(C(F)(F)F)cc1-c1nc(-c2cscn2)no1. The predicted octanol–water partition coefficient (Wildman–Crippen LogP) is 3.46. The lowest BCUT2D eigenvalue weighted by Crippen LogP contribution is -2.05. The summed E-state index contributed by atoms with van der Waals surface area (Å²) in [6.07, 6.45) is -4.47. The molecular formula is C12H7F3N4OS. The molecule has 0 saturated heterocycles. The molecular weight excluding hydrogens is 305 g/mol. The highest BCUT2D eigenvalue weighted by atomic mass is 32.1. The van der Waals surface area contributed by atoms with Gasteiger partial charge in [-0.25, -0.2) is 4.98 Å². The van der Waals surface area contributed by atoms with Crippen LogP contribution in [-0.2, 0) is 6.18 Å². The maximum atomic E-state index is 12.7. The number of halogens is 3. The third-order valence-electron chi connectivity index (χ3n) is 2.70. The van der Waals surface area contributed by atoms with Crippen LogP contribution < -0.4 is 5.73 Å². The summed E-state index contributed by atoms with van der Waals surface area (Å²) in [7, 11) is 0. The molecule has 0 bridgehead atoms. The molecule has 3 aromatic rings. The van der Waals surface area contributed by atoms with Crippen LogP contribution in [-0.4, -0.2) is 15.1 Å². The zero-order valence-corrected chi connectivity index (χ0v) is 11.1. The molecule has 0 radical (unpaired) electrons.